The van der Waals surface area contributed by atoms with Crippen molar-refractivity contribution in [2.24, 2.45) is 5.41 Å². The summed E-state index contributed by atoms with van der Waals surface area (Å²) < 4.78 is 1.05. The molecule has 0 bridgehead atoms. The van der Waals surface area contributed by atoms with Crippen LogP contribution in [0.1, 0.15) is 35.0 Å². The molecular weight excluding hydrogens is 248 g/mol. The van der Waals surface area contributed by atoms with Gasteiger partial charge in [0.05, 0.1) is 3.79 Å². The summed E-state index contributed by atoms with van der Waals surface area (Å²) in [6.07, 6.45) is 2.11. The number of Topliss-reactive ketones (excluding diaryl/α,β-unsaturated/α-hetero) is 1. The van der Waals surface area contributed by atoms with Crippen molar-refractivity contribution in [2.45, 2.75) is 26.7 Å². The van der Waals surface area contributed by atoms with E-state index in [1.807, 2.05) is 13.0 Å². The third-order valence-corrected chi connectivity index (χ3v) is 4.23. The highest BCUT2D eigenvalue weighted by atomic mass is 79.9. The van der Waals surface area contributed by atoms with Gasteiger partial charge in [-0.25, -0.2) is 0 Å². The number of halogens is 1. The van der Waals surface area contributed by atoms with Gasteiger partial charge in [0.25, 0.3) is 0 Å². The van der Waals surface area contributed by atoms with Crippen molar-refractivity contribution in [1.29, 1.82) is 0 Å². The van der Waals surface area contributed by atoms with E-state index in [-0.39, 0.29) is 5.41 Å². The maximum Gasteiger partial charge on any atom is 0.169 e. The predicted octanol–water partition coefficient (Wildman–Crippen LogP) is 3.80. The number of thiophene rings is 1. The first kappa shape index (κ1) is 9.41. The van der Waals surface area contributed by atoms with E-state index in [0.717, 1.165) is 27.1 Å². The minimum Gasteiger partial charge on any atom is -0.294 e. The van der Waals surface area contributed by atoms with Gasteiger partial charge in [-0.05, 0) is 41.8 Å². The number of carbonyl (C=O) groups excluding carboxylic acids is 1. The summed E-state index contributed by atoms with van der Waals surface area (Å²) in [5.41, 5.74) is 0.877. The molecule has 1 aromatic rings. The van der Waals surface area contributed by atoms with Gasteiger partial charge in [0.15, 0.2) is 5.78 Å². The fraction of sp³-hybridized carbons (Fsp3) is 0.500. The van der Waals surface area contributed by atoms with E-state index in [4.69, 9.17) is 0 Å². The summed E-state index contributed by atoms with van der Waals surface area (Å²) in [6, 6.07) is 1.95. The van der Waals surface area contributed by atoms with Crippen molar-refractivity contribution in [2.75, 3.05) is 0 Å². The lowest BCUT2D eigenvalue weighted by atomic mass is 9.98. The maximum absolute atomic E-state index is 11.9. The van der Waals surface area contributed by atoms with Gasteiger partial charge >= 0.3 is 0 Å². The summed E-state index contributed by atoms with van der Waals surface area (Å²) in [6.45, 7) is 4.06. The third kappa shape index (κ3) is 1.59. The Hall–Kier alpha value is -0.150. The molecule has 1 nitrogen and oxygen atoms in total. The Balaban J connectivity index is 2.35. The van der Waals surface area contributed by atoms with E-state index in [9.17, 15) is 4.79 Å². The number of rotatable bonds is 2. The molecular formula is C10H11BrOS. The summed E-state index contributed by atoms with van der Waals surface area (Å²) in [5, 5.41) is 0. The minimum atomic E-state index is -0.0364. The zero-order valence-electron chi connectivity index (χ0n) is 7.69. The minimum absolute atomic E-state index is 0.0364. The van der Waals surface area contributed by atoms with E-state index in [1.54, 1.807) is 11.3 Å². The van der Waals surface area contributed by atoms with Crippen LogP contribution in [0, 0.1) is 12.3 Å². The third-order valence-electron chi connectivity index (χ3n) is 2.68. The molecule has 0 amide bonds. The van der Waals surface area contributed by atoms with Crippen LogP contribution < -0.4 is 0 Å². The van der Waals surface area contributed by atoms with Gasteiger partial charge in [0.1, 0.15) is 0 Å². The largest absolute Gasteiger partial charge is 0.294 e. The molecule has 0 saturated heterocycles. The van der Waals surface area contributed by atoms with Crippen molar-refractivity contribution < 1.29 is 4.79 Å². The highest BCUT2D eigenvalue weighted by Crippen LogP contribution is 2.48. The molecule has 1 aliphatic carbocycles. The Morgan fingerprint density at radius 1 is 1.62 bits per heavy atom. The van der Waals surface area contributed by atoms with Gasteiger partial charge in [-0.1, -0.05) is 6.92 Å². The van der Waals surface area contributed by atoms with Crippen LogP contribution in [0.3, 0.4) is 0 Å². The van der Waals surface area contributed by atoms with E-state index < -0.39 is 0 Å². The first-order chi connectivity index (χ1) is 6.03. The lowest BCUT2D eigenvalue weighted by Crippen LogP contribution is -2.11. The van der Waals surface area contributed by atoms with Crippen molar-refractivity contribution in [3.8, 4) is 0 Å². The molecule has 1 aromatic heterocycles. The van der Waals surface area contributed by atoms with E-state index in [1.165, 1.54) is 0 Å². The smallest absolute Gasteiger partial charge is 0.169 e. The lowest BCUT2D eigenvalue weighted by Gasteiger charge is -2.05. The van der Waals surface area contributed by atoms with E-state index in [2.05, 4.69) is 22.9 Å². The first-order valence-corrected chi connectivity index (χ1v) is 5.95. The van der Waals surface area contributed by atoms with Crippen LogP contribution in [0.2, 0.25) is 0 Å². The SMILES string of the molecule is Cc1sc(Br)cc1C(=O)C1(C)CC1. The maximum atomic E-state index is 11.9. The quantitative estimate of drug-likeness (QED) is 0.738. The normalized spacial score (nSPS) is 18.7. The van der Waals surface area contributed by atoms with Crippen molar-refractivity contribution >= 4 is 33.0 Å². The summed E-state index contributed by atoms with van der Waals surface area (Å²) in [4.78, 5) is 13.1. The fourth-order valence-corrected chi connectivity index (χ4v) is 3.10. The van der Waals surface area contributed by atoms with Gasteiger partial charge in [-0.3, -0.25) is 4.79 Å². The van der Waals surface area contributed by atoms with E-state index in [0.29, 0.717) is 5.78 Å². The highest BCUT2D eigenvalue weighted by Gasteiger charge is 2.45. The Morgan fingerprint density at radius 3 is 2.62 bits per heavy atom. The molecule has 0 radical (unpaired) electrons. The highest BCUT2D eigenvalue weighted by molar-refractivity contribution is 9.11. The molecule has 0 unspecified atom stereocenters. The zero-order valence-corrected chi connectivity index (χ0v) is 10.1. The Morgan fingerprint density at radius 2 is 2.23 bits per heavy atom. The molecule has 3 heteroatoms. The second-order valence-corrected chi connectivity index (χ2v) is 6.55. The van der Waals surface area contributed by atoms with Crippen LogP contribution in [0.25, 0.3) is 0 Å². The second kappa shape index (κ2) is 2.92. The van der Waals surface area contributed by atoms with Gasteiger partial charge in [-0.2, -0.15) is 0 Å². The number of hydrogen-bond acceptors (Lipinski definition) is 2. The topological polar surface area (TPSA) is 17.1 Å². The van der Waals surface area contributed by atoms with Crippen LogP contribution in [0.4, 0.5) is 0 Å². The molecule has 0 spiro atoms. The molecule has 1 saturated carbocycles. The molecule has 0 N–H and O–H groups in total. The number of aryl methyl sites for hydroxylation is 1. The standard InChI is InChI=1S/C10H11BrOS/c1-6-7(5-8(11)13-6)9(12)10(2)3-4-10/h5H,3-4H2,1-2H3. The van der Waals surface area contributed by atoms with Crippen LogP contribution in [-0.4, -0.2) is 5.78 Å². The molecule has 0 aromatic carbocycles. The van der Waals surface area contributed by atoms with Crippen LogP contribution in [0.5, 0.6) is 0 Å². The van der Waals surface area contributed by atoms with Crippen molar-refractivity contribution in [3.63, 3.8) is 0 Å². The molecule has 1 heterocycles. The average molecular weight is 259 g/mol. The molecule has 0 atom stereocenters. The number of ketones is 1. The Bertz CT molecular complexity index is 363. The van der Waals surface area contributed by atoms with E-state index >= 15 is 0 Å². The molecule has 70 valence electrons. The van der Waals surface area contributed by atoms with Crippen molar-refractivity contribution in [1.82, 2.24) is 0 Å². The summed E-state index contributed by atoms with van der Waals surface area (Å²) in [5.74, 6) is 0.326. The Kier molecular flexibility index (Phi) is 2.11. The van der Waals surface area contributed by atoms with Crippen molar-refractivity contribution in [3.05, 3.63) is 20.3 Å². The average Bonchev–Trinajstić information content (AvgIpc) is 2.71. The second-order valence-electron chi connectivity index (χ2n) is 3.91. The molecule has 1 aliphatic rings. The molecule has 1 fully saturated rings. The fourth-order valence-electron chi connectivity index (χ4n) is 1.41. The van der Waals surface area contributed by atoms with Gasteiger partial charge in [0.2, 0.25) is 0 Å². The monoisotopic (exact) mass is 258 g/mol. The summed E-state index contributed by atoms with van der Waals surface area (Å²) in [7, 11) is 0. The summed E-state index contributed by atoms with van der Waals surface area (Å²) >= 11 is 5.04. The number of carbonyl (C=O) groups is 1. The number of hydrogen-bond donors (Lipinski definition) is 0. The van der Waals surface area contributed by atoms with Crippen LogP contribution >= 0.6 is 27.3 Å². The van der Waals surface area contributed by atoms with Crippen LogP contribution in [0.15, 0.2) is 9.85 Å². The van der Waals surface area contributed by atoms with Crippen LogP contribution in [-0.2, 0) is 0 Å². The molecule has 13 heavy (non-hydrogen) atoms. The van der Waals surface area contributed by atoms with Gasteiger partial charge < -0.3 is 0 Å². The first-order valence-electron chi connectivity index (χ1n) is 4.34. The lowest BCUT2D eigenvalue weighted by molar-refractivity contribution is 0.0912. The van der Waals surface area contributed by atoms with Gasteiger partial charge in [-0.15, -0.1) is 11.3 Å². The molecule has 2 rings (SSSR count). The van der Waals surface area contributed by atoms with Gasteiger partial charge in [0, 0.05) is 15.9 Å². The molecule has 0 aliphatic heterocycles. The Labute approximate surface area is 90.3 Å². The predicted molar refractivity (Wildman–Crippen MR) is 58.4 cm³/mol. The zero-order chi connectivity index (χ0) is 9.64.